The van der Waals surface area contributed by atoms with Gasteiger partial charge >= 0.3 is 0 Å². The molecular formula is C14H26O. The number of ether oxygens (including phenoxy) is 1. The zero-order valence-corrected chi connectivity index (χ0v) is 11.0. The van der Waals surface area contributed by atoms with Crippen LogP contribution in [0.3, 0.4) is 0 Å². The van der Waals surface area contributed by atoms with Crippen LogP contribution in [0.15, 0.2) is 24.8 Å². The highest BCUT2D eigenvalue weighted by molar-refractivity contribution is 5.12. The van der Waals surface area contributed by atoms with E-state index in [1.54, 1.807) is 0 Å². The zero-order chi connectivity index (χ0) is 12.1. The van der Waals surface area contributed by atoms with Crippen molar-refractivity contribution >= 4 is 0 Å². The van der Waals surface area contributed by atoms with Crippen molar-refractivity contribution in [3.8, 4) is 0 Å². The highest BCUT2D eigenvalue weighted by Gasteiger charge is 2.22. The van der Waals surface area contributed by atoms with Gasteiger partial charge in [-0.1, -0.05) is 32.9 Å². The third-order valence-corrected chi connectivity index (χ3v) is 2.40. The van der Waals surface area contributed by atoms with E-state index in [-0.39, 0.29) is 11.7 Å². The summed E-state index contributed by atoms with van der Waals surface area (Å²) in [5.74, 6) is 0.323. The molecule has 0 saturated heterocycles. The SMILES string of the molecule is C=C[C@@H](C)C(=C)[C@@H](CCC)OC(C)(C)C. The van der Waals surface area contributed by atoms with Crippen LogP contribution in [0.25, 0.3) is 0 Å². The van der Waals surface area contributed by atoms with E-state index >= 15 is 0 Å². The van der Waals surface area contributed by atoms with Crippen molar-refractivity contribution in [2.75, 3.05) is 0 Å². The van der Waals surface area contributed by atoms with Crippen LogP contribution in [0.2, 0.25) is 0 Å². The van der Waals surface area contributed by atoms with Gasteiger partial charge in [0.15, 0.2) is 0 Å². The Hall–Kier alpha value is -0.560. The number of allylic oxidation sites excluding steroid dienone is 1. The van der Waals surface area contributed by atoms with Crippen LogP contribution >= 0.6 is 0 Å². The van der Waals surface area contributed by atoms with Crippen LogP contribution in [0, 0.1) is 5.92 Å². The fraction of sp³-hybridized carbons (Fsp3) is 0.714. The van der Waals surface area contributed by atoms with Crippen molar-refractivity contribution in [1.29, 1.82) is 0 Å². The maximum atomic E-state index is 6.02. The first-order chi connectivity index (χ1) is 6.81. The number of hydrogen-bond acceptors (Lipinski definition) is 1. The van der Waals surface area contributed by atoms with E-state index < -0.39 is 0 Å². The van der Waals surface area contributed by atoms with Crippen molar-refractivity contribution < 1.29 is 4.74 Å². The summed E-state index contributed by atoms with van der Waals surface area (Å²) in [6.07, 6.45) is 4.23. The molecule has 0 rings (SSSR count). The normalized spacial score (nSPS) is 15.8. The molecule has 1 nitrogen and oxygen atoms in total. The summed E-state index contributed by atoms with van der Waals surface area (Å²) in [7, 11) is 0. The van der Waals surface area contributed by atoms with E-state index in [4.69, 9.17) is 4.74 Å². The van der Waals surface area contributed by atoms with Gasteiger partial charge in [-0.2, -0.15) is 0 Å². The largest absolute Gasteiger partial charge is 0.368 e. The van der Waals surface area contributed by atoms with E-state index in [2.05, 4.69) is 47.8 Å². The Balaban J connectivity index is 4.51. The van der Waals surface area contributed by atoms with E-state index in [1.165, 1.54) is 0 Å². The van der Waals surface area contributed by atoms with Crippen LogP contribution in [-0.2, 0) is 4.74 Å². The minimum atomic E-state index is -0.107. The van der Waals surface area contributed by atoms with Gasteiger partial charge in [-0.05, 0) is 38.7 Å². The molecule has 0 bridgehead atoms. The summed E-state index contributed by atoms with van der Waals surface area (Å²) < 4.78 is 6.02. The molecule has 0 heterocycles. The van der Waals surface area contributed by atoms with Gasteiger partial charge in [0.05, 0.1) is 11.7 Å². The first-order valence-electron chi connectivity index (χ1n) is 5.81. The molecule has 0 radical (unpaired) electrons. The Labute approximate surface area is 95.2 Å². The monoisotopic (exact) mass is 210 g/mol. The van der Waals surface area contributed by atoms with Gasteiger partial charge in [0.1, 0.15) is 0 Å². The molecule has 0 aliphatic heterocycles. The van der Waals surface area contributed by atoms with Gasteiger partial charge < -0.3 is 4.74 Å². The van der Waals surface area contributed by atoms with E-state index in [1.807, 2.05) is 6.08 Å². The summed E-state index contributed by atoms with van der Waals surface area (Å²) >= 11 is 0. The Bertz CT molecular complexity index is 210. The van der Waals surface area contributed by atoms with Gasteiger partial charge in [-0.15, -0.1) is 6.58 Å². The van der Waals surface area contributed by atoms with Crippen LogP contribution in [0.5, 0.6) is 0 Å². The second-order valence-corrected chi connectivity index (χ2v) is 5.11. The molecule has 0 N–H and O–H groups in total. The van der Waals surface area contributed by atoms with E-state index in [0.717, 1.165) is 18.4 Å². The van der Waals surface area contributed by atoms with Gasteiger partial charge in [0.25, 0.3) is 0 Å². The molecule has 0 aromatic carbocycles. The standard InChI is InChI=1S/C14H26O/c1-8-10-13(15-14(5,6)7)12(4)11(3)9-2/h9,11,13H,2,4,8,10H2,1,3,5-7H3/t11-,13-/m1/s1. The average Bonchev–Trinajstić information content (AvgIpc) is 2.13. The molecule has 0 aliphatic carbocycles. The summed E-state index contributed by atoms with van der Waals surface area (Å²) in [6, 6.07) is 0. The first-order valence-corrected chi connectivity index (χ1v) is 5.81. The lowest BCUT2D eigenvalue weighted by molar-refractivity contribution is -0.0484. The molecule has 0 fully saturated rings. The predicted octanol–water partition coefficient (Wildman–Crippen LogP) is 4.35. The van der Waals surface area contributed by atoms with Crippen molar-refractivity contribution in [3.05, 3.63) is 24.8 Å². The summed E-state index contributed by atoms with van der Waals surface area (Å²) in [4.78, 5) is 0. The zero-order valence-electron chi connectivity index (χ0n) is 11.0. The summed E-state index contributed by atoms with van der Waals surface area (Å²) in [5, 5.41) is 0. The summed E-state index contributed by atoms with van der Waals surface area (Å²) in [5.41, 5.74) is 1.03. The number of rotatable bonds is 6. The average molecular weight is 210 g/mol. The van der Waals surface area contributed by atoms with Gasteiger partial charge in [0.2, 0.25) is 0 Å². The van der Waals surface area contributed by atoms with Crippen molar-refractivity contribution in [1.82, 2.24) is 0 Å². The van der Waals surface area contributed by atoms with E-state index in [9.17, 15) is 0 Å². The molecule has 2 atom stereocenters. The van der Waals surface area contributed by atoms with Gasteiger partial charge in [-0.3, -0.25) is 0 Å². The molecule has 0 amide bonds. The summed E-state index contributed by atoms with van der Waals surface area (Å²) in [6.45, 7) is 18.5. The van der Waals surface area contributed by atoms with Crippen LogP contribution in [0.1, 0.15) is 47.5 Å². The minimum absolute atomic E-state index is 0.107. The molecule has 0 aliphatic rings. The quantitative estimate of drug-likeness (QED) is 0.592. The lowest BCUT2D eigenvalue weighted by Crippen LogP contribution is -2.30. The Morgan fingerprint density at radius 3 is 2.27 bits per heavy atom. The van der Waals surface area contributed by atoms with Crippen LogP contribution in [0.4, 0.5) is 0 Å². The highest BCUT2D eigenvalue weighted by Crippen LogP contribution is 2.24. The molecular weight excluding hydrogens is 184 g/mol. The smallest absolute Gasteiger partial charge is 0.0795 e. The minimum Gasteiger partial charge on any atom is -0.368 e. The molecule has 88 valence electrons. The molecule has 1 heteroatoms. The van der Waals surface area contributed by atoms with Crippen molar-refractivity contribution in [3.63, 3.8) is 0 Å². The second-order valence-electron chi connectivity index (χ2n) is 5.11. The lowest BCUT2D eigenvalue weighted by atomic mass is 9.94. The lowest BCUT2D eigenvalue weighted by Gasteiger charge is -2.30. The van der Waals surface area contributed by atoms with Crippen molar-refractivity contribution in [2.24, 2.45) is 5.92 Å². The third-order valence-electron chi connectivity index (χ3n) is 2.40. The topological polar surface area (TPSA) is 9.23 Å². The maximum absolute atomic E-state index is 6.02. The Morgan fingerprint density at radius 1 is 1.40 bits per heavy atom. The second kappa shape index (κ2) is 6.12. The molecule has 0 aromatic rings. The van der Waals surface area contributed by atoms with Crippen molar-refractivity contribution in [2.45, 2.75) is 59.2 Å². The molecule has 0 saturated carbocycles. The van der Waals surface area contributed by atoms with E-state index in [0.29, 0.717) is 5.92 Å². The molecule has 0 unspecified atom stereocenters. The van der Waals surface area contributed by atoms with Crippen LogP contribution in [-0.4, -0.2) is 11.7 Å². The van der Waals surface area contributed by atoms with Gasteiger partial charge in [0, 0.05) is 0 Å². The van der Waals surface area contributed by atoms with Crippen LogP contribution < -0.4 is 0 Å². The Kier molecular flexibility index (Phi) is 5.89. The predicted molar refractivity (Wildman–Crippen MR) is 68.0 cm³/mol. The Morgan fingerprint density at radius 2 is 1.93 bits per heavy atom. The highest BCUT2D eigenvalue weighted by atomic mass is 16.5. The fourth-order valence-electron chi connectivity index (χ4n) is 1.45. The van der Waals surface area contributed by atoms with Gasteiger partial charge in [-0.25, -0.2) is 0 Å². The molecule has 0 aromatic heterocycles. The first kappa shape index (κ1) is 14.4. The maximum Gasteiger partial charge on any atom is 0.0795 e. The molecule has 15 heavy (non-hydrogen) atoms. The molecule has 0 spiro atoms. The number of hydrogen-bond donors (Lipinski definition) is 0. The third kappa shape index (κ3) is 5.78. The fourth-order valence-corrected chi connectivity index (χ4v) is 1.45.